The number of carbonyl (C=O) groups excluding carboxylic acids is 2. The van der Waals surface area contributed by atoms with Gasteiger partial charge in [0.05, 0.1) is 5.75 Å². The monoisotopic (exact) mass is 390 g/mol. The van der Waals surface area contributed by atoms with Gasteiger partial charge in [0.25, 0.3) is 5.91 Å². The summed E-state index contributed by atoms with van der Waals surface area (Å²) in [7, 11) is 0. The highest BCUT2D eigenvalue weighted by Gasteiger charge is 2.25. The molecule has 0 unspecified atom stereocenters. The van der Waals surface area contributed by atoms with Crippen LogP contribution in [0.2, 0.25) is 0 Å². The van der Waals surface area contributed by atoms with Crippen LogP contribution in [0.5, 0.6) is 0 Å². The second kappa shape index (κ2) is 8.52. The van der Waals surface area contributed by atoms with Gasteiger partial charge < -0.3 is 9.80 Å². The molecule has 0 N–H and O–H groups in total. The largest absolute Gasteiger partial charge is 0.338 e. The number of rotatable bonds is 4. The summed E-state index contributed by atoms with van der Waals surface area (Å²) in [5.74, 6) is -1.99. The third-order valence-electron chi connectivity index (χ3n) is 4.53. The Morgan fingerprint density at radius 3 is 2.30 bits per heavy atom. The van der Waals surface area contributed by atoms with Crippen molar-refractivity contribution in [3.8, 4) is 0 Å². The molecule has 0 radical (unpaired) electrons. The highest BCUT2D eigenvalue weighted by Crippen LogP contribution is 2.22. The number of benzene rings is 2. The maximum atomic E-state index is 13.3. The van der Waals surface area contributed by atoms with Gasteiger partial charge in [-0.2, -0.15) is 0 Å². The average Bonchev–Trinajstić information content (AvgIpc) is 2.69. The molecule has 1 fully saturated rings. The van der Waals surface area contributed by atoms with E-state index in [4.69, 9.17) is 0 Å². The standard InChI is InChI=1S/C20H20F2N2O2S/c1-14-4-2-3-5-18(14)27-13-19(25)23-8-10-24(11-9-23)20(26)15-6-7-16(21)17(22)12-15/h2-7,12H,8-11,13H2,1H3. The lowest BCUT2D eigenvalue weighted by molar-refractivity contribution is -0.129. The molecule has 3 rings (SSSR count). The number of halogens is 2. The summed E-state index contributed by atoms with van der Waals surface area (Å²) in [5, 5.41) is 0. The predicted octanol–water partition coefficient (Wildman–Crippen LogP) is 3.35. The second-order valence-corrected chi connectivity index (χ2v) is 7.37. The van der Waals surface area contributed by atoms with Crippen LogP contribution in [-0.4, -0.2) is 53.5 Å². The molecule has 1 heterocycles. The fourth-order valence-corrected chi connectivity index (χ4v) is 3.85. The molecule has 0 bridgehead atoms. The Labute approximate surface area is 161 Å². The first-order valence-electron chi connectivity index (χ1n) is 8.66. The van der Waals surface area contributed by atoms with Crippen LogP contribution >= 0.6 is 11.8 Å². The van der Waals surface area contributed by atoms with E-state index in [2.05, 4.69) is 0 Å². The van der Waals surface area contributed by atoms with Crippen molar-refractivity contribution >= 4 is 23.6 Å². The smallest absolute Gasteiger partial charge is 0.254 e. The van der Waals surface area contributed by atoms with Crippen molar-refractivity contribution in [3.05, 3.63) is 65.2 Å². The minimum Gasteiger partial charge on any atom is -0.338 e. The lowest BCUT2D eigenvalue weighted by Crippen LogP contribution is -2.51. The number of nitrogens with zero attached hydrogens (tertiary/aromatic N) is 2. The molecule has 142 valence electrons. The molecule has 2 amide bonds. The SMILES string of the molecule is Cc1ccccc1SCC(=O)N1CCN(C(=O)c2ccc(F)c(F)c2)CC1. The Balaban J connectivity index is 1.52. The number of piperazine rings is 1. The summed E-state index contributed by atoms with van der Waals surface area (Å²) in [6.07, 6.45) is 0. The minimum atomic E-state index is -1.04. The van der Waals surface area contributed by atoms with Gasteiger partial charge in [-0.05, 0) is 36.8 Å². The van der Waals surface area contributed by atoms with E-state index < -0.39 is 11.6 Å². The molecule has 0 saturated carbocycles. The van der Waals surface area contributed by atoms with Gasteiger partial charge in [-0.3, -0.25) is 9.59 Å². The number of thioether (sulfide) groups is 1. The van der Waals surface area contributed by atoms with Crippen molar-refractivity contribution in [2.45, 2.75) is 11.8 Å². The molecule has 0 spiro atoms. The molecule has 1 saturated heterocycles. The Morgan fingerprint density at radius 2 is 1.63 bits per heavy atom. The predicted molar refractivity (Wildman–Crippen MR) is 101 cm³/mol. The van der Waals surface area contributed by atoms with Gasteiger partial charge in [-0.15, -0.1) is 11.8 Å². The molecule has 7 heteroatoms. The quantitative estimate of drug-likeness (QED) is 0.752. The minimum absolute atomic E-state index is 0.0307. The van der Waals surface area contributed by atoms with Crippen LogP contribution < -0.4 is 0 Å². The summed E-state index contributed by atoms with van der Waals surface area (Å²) in [6.45, 7) is 3.62. The van der Waals surface area contributed by atoms with E-state index in [0.29, 0.717) is 31.9 Å². The van der Waals surface area contributed by atoms with Crippen molar-refractivity contribution in [2.75, 3.05) is 31.9 Å². The zero-order valence-corrected chi connectivity index (χ0v) is 15.8. The molecule has 2 aromatic carbocycles. The van der Waals surface area contributed by atoms with Gasteiger partial charge in [0.1, 0.15) is 0 Å². The van der Waals surface area contributed by atoms with Crippen LogP contribution in [0.25, 0.3) is 0 Å². The number of hydrogen-bond acceptors (Lipinski definition) is 3. The van der Waals surface area contributed by atoms with E-state index in [-0.39, 0.29) is 17.4 Å². The van der Waals surface area contributed by atoms with E-state index in [1.165, 1.54) is 17.8 Å². The first-order valence-corrected chi connectivity index (χ1v) is 9.65. The van der Waals surface area contributed by atoms with E-state index in [9.17, 15) is 18.4 Å². The van der Waals surface area contributed by atoms with Crippen molar-refractivity contribution in [2.24, 2.45) is 0 Å². The zero-order valence-electron chi connectivity index (χ0n) is 15.0. The highest BCUT2D eigenvalue weighted by atomic mass is 32.2. The van der Waals surface area contributed by atoms with Crippen LogP contribution in [0.3, 0.4) is 0 Å². The van der Waals surface area contributed by atoms with E-state index in [1.54, 1.807) is 9.80 Å². The third-order valence-corrected chi connectivity index (χ3v) is 5.69. The third kappa shape index (κ3) is 4.66. The maximum Gasteiger partial charge on any atom is 0.254 e. The highest BCUT2D eigenvalue weighted by molar-refractivity contribution is 8.00. The van der Waals surface area contributed by atoms with Crippen LogP contribution in [-0.2, 0) is 4.79 Å². The van der Waals surface area contributed by atoms with Crippen LogP contribution in [0, 0.1) is 18.6 Å². The van der Waals surface area contributed by atoms with Crippen LogP contribution in [0.4, 0.5) is 8.78 Å². The number of amides is 2. The fourth-order valence-electron chi connectivity index (χ4n) is 2.92. The van der Waals surface area contributed by atoms with Gasteiger partial charge in [0.15, 0.2) is 11.6 Å². The summed E-state index contributed by atoms with van der Waals surface area (Å²) < 4.78 is 26.3. The average molecular weight is 390 g/mol. The van der Waals surface area contributed by atoms with Crippen LogP contribution in [0.15, 0.2) is 47.4 Å². The lowest BCUT2D eigenvalue weighted by atomic mass is 10.1. The Morgan fingerprint density at radius 1 is 0.963 bits per heavy atom. The molecule has 0 aromatic heterocycles. The number of carbonyl (C=O) groups is 2. The Kier molecular flexibility index (Phi) is 6.11. The van der Waals surface area contributed by atoms with Crippen molar-refractivity contribution in [3.63, 3.8) is 0 Å². The van der Waals surface area contributed by atoms with Gasteiger partial charge in [0, 0.05) is 36.6 Å². The topological polar surface area (TPSA) is 40.6 Å². The maximum absolute atomic E-state index is 13.3. The Bertz CT molecular complexity index is 852. The number of hydrogen-bond donors (Lipinski definition) is 0. The van der Waals surface area contributed by atoms with Crippen molar-refractivity contribution in [1.82, 2.24) is 9.80 Å². The molecule has 4 nitrogen and oxygen atoms in total. The normalized spacial score (nSPS) is 14.3. The summed E-state index contributed by atoms with van der Waals surface area (Å²) in [4.78, 5) is 29.2. The first kappa shape index (κ1) is 19.4. The molecule has 2 aromatic rings. The van der Waals surface area contributed by atoms with Gasteiger partial charge in [-0.1, -0.05) is 18.2 Å². The van der Waals surface area contributed by atoms with Crippen molar-refractivity contribution in [1.29, 1.82) is 0 Å². The van der Waals surface area contributed by atoms with Crippen molar-refractivity contribution < 1.29 is 18.4 Å². The fraction of sp³-hybridized carbons (Fsp3) is 0.300. The first-order chi connectivity index (χ1) is 13.0. The molecular formula is C20H20F2N2O2S. The molecule has 27 heavy (non-hydrogen) atoms. The van der Waals surface area contributed by atoms with Gasteiger partial charge in [0.2, 0.25) is 5.91 Å². The van der Waals surface area contributed by atoms with E-state index in [1.807, 2.05) is 31.2 Å². The summed E-state index contributed by atoms with van der Waals surface area (Å²) in [5.41, 5.74) is 1.25. The summed E-state index contributed by atoms with van der Waals surface area (Å²) in [6, 6.07) is 11.0. The van der Waals surface area contributed by atoms with Crippen LogP contribution in [0.1, 0.15) is 15.9 Å². The molecule has 1 aliphatic rings. The van der Waals surface area contributed by atoms with Gasteiger partial charge >= 0.3 is 0 Å². The second-order valence-electron chi connectivity index (χ2n) is 6.36. The van der Waals surface area contributed by atoms with E-state index >= 15 is 0 Å². The number of aryl methyl sites for hydroxylation is 1. The molecule has 1 aliphatic heterocycles. The molecule has 0 atom stereocenters. The summed E-state index contributed by atoms with van der Waals surface area (Å²) >= 11 is 1.51. The Hall–Kier alpha value is -2.41. The molecular weight excluding hydrogens is 370 g/mol. The zero-order chi connectivity index (χ0) is 19.4. The van der Waals surface area contributed by atoms with Gasteiger partial charge in [-0.25, -0.2) is 8.78 Å². The van der Waals surface area contributed by atoms with E-state index in [0.717, 1.165) is 22.6 Å². The molecule has 0 aliphatic carbocycles. The lowest BCUT2D eigenvalue weighted by Gasteiger charge is -2.34.